The maximum atomic E-state index is 6.33. The average molecular weight is 351 g/mol. The third kappa shape index (κ3) is 3.39. The number of aryl methyl sites for hydroxylation is 1. The monoisotopic (exact) mass is 350 g/mol. The fourth-order valence-electron chi connectivity index (χ4n) is 4.36. The standard InChI is InChI=1S/C18H30N4OS/c1-15-16(11-19-20(15)2)12-21-6-4-18(5-7-21)14-22(8-9-23-18)17-3-10-24-13-17/h11,17H,3-10,12-14H2,1-2H3. The Bertz CT molecular complexity index is 561. The number of hydrogen-bond acceptors (Lipinski definition) is 5. The molecule has 4 rings (SSSR count). The minimum Gasteiger partial charge on any atom is -0.372 e. The van der Waals surface area contributed by atoms with Gasteiger partial charge in [0.15, 0.2) is 0 Å². The van der Waals surface area contributed by atoms with E-state index < -0.39 is 0 Å². The van der Waals surface area contributed by atoms with Gasteiger partial charge in [-0.25, -0.2) is 0 Å². The molecule has 134 valence electrons. The molecule has 3 aliphatic heterocycles. The van der Waals surface area contributed by atoms with E-state index in [2.05, 4.69) is 33.6 Å². The molecule has 3 saturated heterocycles. The fourth-order valence-corrected chi connectivity index (χ4v) is 5.61. The highest BCUT2D eigenvalue weighted by Crippen LogP contribution is 2.33. The molecule has 3 fully saturated rings. The van der Waals surface area contributed by atoms with E-state index in [4.69, 9.17) is 4.74 Å². The van der Waals surface area contributed by atoms with E-state index in [1.807, 2.05) is 17.9 Å². The first-order valence-corrected chi connectivity index (χ1v) is 10.5. The molecular formula is C18H30N4OS. The second-order valence-electron chi connectivity index (χ2n) is 7.67. The van der Waals surface area contributed by atoms with E-state index in [0.717, 1.165) is 45.4 Å². The second kappa shape index (κ2) is 6.98. The molecule has 4 heterocycles. The maximum absolute atomic E-state index is 6.33. The van der Waals surface area contributed by atoms with Crippen LogP contribution in [0.4, 0.5) is 0 Å². The number of piperidine rings is 1. The first-order chi connectivity index (χ1) is 11.7. The van der Waals surface area contributed by atoms with Crippen molar-refractivity contribution >= 4 is 11.8 Å². The van der Waals surface area contributed by atoms with Crippen LogP contribution in [-0.2, 0) is 18.3 Å². The predicted octanol–water partition coefficient (Wildman–Crippen LogP) is 1.90. The highest BCUT2D eigenvalue weighted by atomic mass is 32.2. The third-order valence-electron chi connectivity index (χ3n) is 6.20. The zero-order valence-electron chi connectivity index (χ0n) is 15.0. The van der Waals surface area contributed by atoms with Crippen LogP contribution >= 0.6 is 11.8 Å². The van der Waals surface area contributed by atoms with Gasteiger partial charge in [-0.3, -0.25) is 14.5 Å². The molecular weight excluding hydrogens is 320 g/mol. The van der Waals surface area contributed by atoms with Crippen molar-refractivity contribution in [3.63, 3.8) is 0 Å². The number of thioether (sulfide) groups is 1. The van der Waals surface area contributed by atoms with E-state index in [1.54, 1.807) is 0 Å². The van der Waals surface area contributed by atoms with Gasteiger partial charge in [-0.2, -0.15) is 16.9 Å². The van der Waals surface area contributed by atoms with Gasteiger partial charge >= 0.3 is 0 Å². The summed E-state index contributed by atoms with van der Waals surface area (Å²) in [4.78, 5) is 5.30. The van der Waals surface area contributed by atoms with Crippen LogP contribution in [0, 0.1) is 6.92 Å². The molecule has 0 saturated carbocycles. The molecule has 6 heteroatoms. The Morgan fingerprint density at radius 3 is 2.83 bits per heavy atom. The predicted molar refractivity (Wildman–Crippen MR) is 98.4 cm³/mol. The Hall–Kier alpha value is -0.560. The van der Waals surface area contributed by atoms with E-state index in [0.29, 0.717) is 0 Å². The van der Waals surface area contributed by atoms with Crippen molar-refractivity contribution < 1.29 is 4.74 Å². The molecule has 0 amide bonds. The Kier molecular flexibility index (Phi) is 4.91. The molecule has 5 nitrogen and oxygen atoms in total. The van der Waals surface area contributed by atoms with Crippen molar-refractivity contribution in [1.82, 2.24) is 19.6 Å². The van der Waals surface area contributed by atoms with Crippen LogP contribution in [0.5, 0.6) is 0 Å². The molecule has 1 unspecified atom stereocenters. The Morgan fingerprint density at radius 2 is 2.17 bits per heavy atom. The SMILES string of the molecule is Cc1c(CN2CCC3(CC2)CN(C2CCSC2)CCO3)cnn1C. The maximum Gasteiger partial charge on any atom is 0.0833 e. The Labute approximate surface area is 149 Å². The molecule has 1 aromatic heterocycles. The normalized spacial score (nSPS) is 28.7. The lowest BCUT2D eigenvalue weighted by atomic mass is 9.88. The lowest BCUT2D eigenvalue weighted by Crippen LogP contribution is -2.58. The Morgan fingerprint density at radius 1 is 1.33 bits per heavy atom. The lowest BCUT2D eigenvalue weighted by Gasteiger charge is -2.48. The van der Waals surface area contributed by atoms with Gasteiger partial charge in [-0.15, -0.1) is 0 Å². The van der Waals surface area contributed by atoms with Crippen LogP contribution in [0.3, 0.4) is 0 Å². The summed E-state index contributed by atoms with van der Waals surface area (Å²) in [5, 5.41) is 4.38. The van der Waals surface area contributed by atoms with Crippen molar-refractivity contribution in [2.24, 2.45) is 7.05 Å². The minimum absolute atomic E-state index is 0.117. The van der Waals surface area contributed by atoms with Crippen LogP contribution in [0.2, 0.25) is 0 Å². The first kappa shape index (κ1) is 16.9. The van der Waals surface area contributed by atoms with Gasteiger partial charge in [0.1, 0.15) is 0 Å². The minimum atomic E-state index is 0.117. The number of morpholine rings is 1. The zero-order chi connectivity index (χ0) is 16.6. The van der Waals surface area contributed by atoms with Gasteiger partial charge in [-0.05, 0) is 31.9 Å². The molecule has 0 aliphatic carbocycles. The highest BCUT2D eigenvalue weighted by Gasteiger charge is 2.41. The number of rotatable bonds is 3. The molecule has 0 radical (unpaired) electrons. The summed E-state index contributed by atoms with van der Waals surface area (Å²) in [5.41, 5.74) is 2.77. The van der Waals surface area contributed by atoms with Crippen LogP contribution in [0.1, 0.15) is 30.5 Å². The average Bonchev–Trinajstić information content (AvgIpc) is 3.23. The van der Waals surface area contributed by atoms with Gasteiger partial charge in [0.2, 0.25) is 0 Å². The van der Waals surface area contributed by atoms with E-state index >= 15 is 0 Å². The van der Waals surface area contributed by atoms with Crippen molar-refractivity contribution in [3.8, 4) is 0 Å². The first-order valence-electron chi connectivity index (χ1n) is 9.31. The molecule has 3 aliphatic rings. The molecule has 0 bridgehead atoms. The summed E-state index contributed by atoms with van der Waals surface area (Å²) in [7, 11) is 2.02. The summed E-state index contributed by atoms with van der Waals surface area (Å²) in [6.07, 6.45) is 5.73. The number of hydrogen-bond donors (Lipinski definition) is 0. The van der Waals surface area contributed by atoms with Crippen molar-refractivity contribution in [2.45, 2.75) is 44.4 Å². The topological polar surface area (TPSA) is 33.5 Å². The van der Waals surface area contributed by atoms with Gasteiger partial charge < -0.3 is 4.74 Å². The highest BCUT2D eigenvalue weighted by molar-refractivity contribution is 7.99. The molecule has 24 heavy (non-hydrogen) atoms. The summed E-state index contributed by atoms with van der Waals surface area (Å²) >= 11 is 2.12. The van der Waals surface area contributed by atoms with Crippen molar-refractivity contribution in [3.05, 3.63) is 17.5 Å². The van der Waals surface area contributed by atoms with Crippen LogP contribution in [0.25, 0.3) is 0 Å². The van der Waals surface area contributed by atoms with Crippen molar-refractivity contribution in [2.75, 3.05) is 44.3 Å². The molecule has 1 spiro atoms. The third-order valence-corrected chi connectivity index (χ3v) is 7.34. The summed E-state index contributed by atoms with van der Waals surface area (Å²) in [6, 6.07) is 0.798. The second-order valence-corrected chi connectivity index (χ2v) is 8.82. The van der Waals surface area contributed by atoms with E-state index in [9.17, 15) is 0 Å². The van der Waals surface area contributed by atoms with Crippen LogP contribution < -0.4 is 0 Å². The number of ether oxygens (including phenoxy) is 1. The van der Waals surface area contributed by atoms with Gasteiger partial charge in [-0.1, -0.05) is 0 Å². The van der Waals surface area contributed by atoms with E-state index in [1.165, 1.54) is 42.0 Å². The molecule has 0 aromatic carbocycles. The molecule has 1 aromatic rings. The van der Waals surface area contributed by atoms with Crippen LogP contribution in [0.15, 0.2) is 6.20 Å². The molecule has 0 N–H and O–H groups in total. The van der Waals surface area contributed by atoms with Crippen LogP contribution in [-0.4, -0.2) is 75.5 Å². The summed E-state index contributed by atoms with van der Waals surface area (Å²) in [5.74, 6) is 2.66. The summed E-state index contributed by atoms with van der Waals surface area (Å²) < 4.78 is 8.31. The molecule has 1 atom stereocenters. The smallest absolute Gasteiger partial charge is 0.0833 e. The Balaban J connectivity index is 1.34. The van der Waals surface area contributed by atoms with Gasteiger partial charge in [0.25, 0.3) is 0 Å². The number of nitrogens with zero attached hydrogens (tertiary/aromatic N) is 4. The number of likely N-dealkylation sites (tertiary alicyclic amines) is 1. The zero-order valence-corrected chi connectivity index (χ0v) is 15.9. The fraction of sp³-hybridized carbons (Fsp3) is 0.833. The number of aromatic nitrogens is 2. The quantitative estimate of drug-likeness (QED) is 0.832. The lowest BCUT2D eigenvalue weighted by molar-refractivity contribution is -0.142. The van der Waals surface area contributed by atoms with Crippen molar-refractivity contribution in [1.29, 1.82) is 0 Å². The van der Waals surface area contributed by atoms with Gasteiger partial charge in [0.05, 0.1) is 18.4 Å². The largest absolute Gasteiger partial charge is 0.372 e. The summed E-state index contributed by atoms with van der Waals surface area (Å²) in [6.45, 7) is 8.67. The van der Waals surface area contributed by atoms with E-state index in [-0.39, 0.29) is 5.60 Å². The van der Waals surface area contributed by atoms with Gasteiger partial charge in [0, 0.05) is 62.8 Å².